The molecule has 2 amide bonds. The van der Waals surface area contributed by atoms with Gasteiger partial charge >= 0.3 is 0 Å². The van der Waals surface area contributed by atoms with Gasteiger partial charge in [0.2, 0.25) is 11.8 Å². The fraction of sp³-hybridized carbons (Fsp3) is 0.579. The lowest BCUT2D eigenvalue weighted by atomic mass is 9.78. The molecule has 0 heterocycles. The molecule has 4 heteroatoms. The molecular weight excluding hydrogens is 288 g/mol. The van der Waals surface area contributed by atoms with Gasteiger partial charge in [0, 0.05) is 32.6 Å². The number of hydrogen-bond acceptors (Lipinski definition) is 2. The maximum absolute atomic E-state index is 12.5. The summed E-state index contributed by atoms with van der Waals surface area (Å²) < 4.78 is 0. The molecule has 1 saturated carbocycles. The molecule has 0 aromatic heterocycles. The Morgan fingerprint density at radius 1 is 1.13 bits per heavy atom. The van der Waals surface area contributed by atoms with Crippen LogP contribution in [0, 0.1) is 19.3 Å². The number of benzene rings is 1. The number of aryl methyl sites for hydroxylation is 2. The van der Waals surface area contributed by atoms with Crippen LogP contribution >= 0.6 is 0 Å². The third kappa shape index (κ3) is 4.57. The molecule has 1 aliphatic carbocycles. The Morgan fingerprint density at radius 2 is 1.78 bits per heavy atom. The first-order chi connectivity index (χ1) is 10.8. The zero-order valence-electron chi connectivity index (χ0n) is 14.7. The molecule has 23 heavy (non-hydrogen) atoms. The van der Waals surface area contributed by atoms with E-state index in [-0.39, 0.29) is 17.2 Å². The van der Waals surface area contributed by atoms with E-state index in [1.165, 1.54) is 5.56 Å². The van der Waals surface area contributed by atoms with Crippen LogP contribution in [0.15, 0.2) is 18.2 Å². The molecule has 0 saturated heterocycles. The molecule has 0 unspecified atom stereocenters. The van der Waals surface area contributed by atoms with Gasteiger partial charge in [0.25, 0.3) is 0 Å². The number of amides is 2. The predicted octanol–water partition coefficient (Wildman–Crippen LogP) is 3.67. The zero-order chi connectivity index (χ0) is 17.0. The number of carbonyl (C=O) groups excluding carboxylic acids is 2. The van der Waals surface area contributed by atoms with Gasteiger partial charge in [-0.25, -0.2) is 0 Å². The summed E-state index contributed by atoms with van der Waals surface area (Å²) >= 11 is 0. The maximum Gasteiger partial charge on any atom is 0.224 e. The molecule has 2 rings (SSSR count). The molecule has 1 fully saturated rings. The summed E-state index contributed by atoms with van der Waals surface area (Å²) in [6.45, 7) is 4.04. The first-order valence-electron chi connectivity index (χ1n) is 8.39. The SMILES string of the molecule is Cc1ccc(NC(=O)CC2(CC(=O)N(C)C)CCCC2)c(C)c1. The van der Waals surface area contributed by atoms with Gasteiger partial charge in [-0.3, -0.25) is 9.59 Å². The van der Waals surface area contributed by atoms with Crippen molar-refractivity contribution >= 4 is 17.5 Å². The van der Waals surface area contributed by atoms with Gasteiger partial charge < -0.3 is 10.2 Å². The van der Waals surface area contributed by atoms with E-state index in [1.54, 1.807) is 19.0 Å². The van der Waals surface area contributed by atoms with Crippen LogP contribution in [0.3, 0.4) is 0 Å². The van der Waals surface area contributed by atoms with Crippen LogP contribution in [0.4, 0.5) is 5.69 Å². The van der Waals surface area contributed by atoms with Gasteiger partial charge in [0.05, 0.1) is 0 Å². The number of carbonyl (C=O) groups is 2. The van der Waals surface area contributed by atoms with Gasteiger partial charge in [-0.05, 0) is 43.7 Å². The number of anilines is 1. The molecule has 0 bridgehead atoms. The third-order valence-corrected chi connectivity index (χ3v) is 4.88. The summed E-state index contributed by atoms with van der Waals surface area (Å²) in [7, 11) is 3.56. The highest BCUT2D eigenvalue weighted by molar-refractivity contribution is 5.92. The molecular formula is C19H28N2O2. The lowest BCUT2D eigenvalue weighted by Crippen LogP contribution is -2.32. The van der Waals surface area contributed by atoms with Gasteiger partial charge in [-0.1, -0.05) is 30.5 Å². The molecule has 1 aromatic rings. The molecule has 0 aliphatic heterocycles. The molecule has 1 aromatic carbocycles. The van der Waals surface area contributed by atoms with Gasteiger partial charge in [-0.2, -0.15) is 0 Å². The summed E-state index contributed by atoms with van der Waals surface area (Å²) in [5, 5.41) is 3.03. The largest absolute Gasteiger partial charge is 0.349 e. The van der Waals surface area contributed by atoms with Crippen LogP contribution in [-0.4, -0.2) is 30.8 Å². The average Bonchev–Trinajstić information content (AvgIpc) is 2.90. The van der Waals surface area contributed by atoms with Crippen molar-refractivity contribution in [2.24, 2.45) is 5.41 Å². The van der Waals surface area contributed by atoms with E-state index < -0.39 is 0 Å². The fourth-order valence-electron chi connectivity index (χ4n) is 3.51. The quantitative estimate of drug-likeness (QED) is 0.901. The first-order valence-corrected chi connectivity index (χ1v) is 8.39. The minimum absolute atomic E-state index is 0.0189. The van der Waals surface area contributed by atoms with Crippen molar-refractivity contribution < 1.29 is 9.59 Å². The second-order valence-electron chi connectivity index (χ2n) is 7.22. The highest BCUT2D eigenvalue weighted by atomic mass is 16.2. The summed E-state index contributed by atoms with van der Waals surface area (Å²) in [5.74, 6) is 0.136. The third-order valence-electron chi connectivity index (χ3n) is 4.88. The monoisotopic (exact) mass is 316 g/mol. The average molecular weight is 316 g/mol. The summed E-state index contributed by atoms with van der Waals surface area (Å²) in [6, 6.07) is 6.02. The number of hydrogen-bond donors (Lipinski definition) is 1. The van der Waals surface area contributed by atoms with Gasteiger partial charge in [0.1, 0.15) is 0 Å². The summed E-state index contributed by atoms with van der Waals surface area (Å²) in [5.41, 5.74) is 2.96. The zero-order valence-corrected chi connectivity index (χ0v) is 14.7. The van der Waals surface area contributed by atoms with E-state index in [1.807, 2.05) is 26.0 Å². The summed E-state index contributed by atoms with van der Waals surface area (Å²) in [4.78, 5) is 26.3. The Kier molecular flexibility index (Phi) is 5.45. The van der Waals surface area contributed by atoms with E-state index in [4.69, 9.17) is 0 Å². The number of nitrogens with zero attached hydrogens (tertiary/aromatic N) is 1. The predicted molar refractivity (Wildman–Crippen MR) is 93.4 cm³/mol. The Morgan fingerprint density at radius 3 is 2.35 bits per heavy atom. The molecule has 0 spiro atoms. The van der Waals surface area contributed by atoms with Crippen molar-refractivity contribution in [3.8, 4) is 0 Å². The van der Waals surface area contributed by atoms with Crippen molar-refractivity contribution in [3.05, 3.63) is 29.3 Å². The lowest BCUT2D eigenvalue weighted by molar-refractivity contribution is -0.131. The van der Waals surface area contributed by atoms with E-state index in [9.17, 15) is 9.59 Å². The van der Waals surface area contributed by atoms with Crippen molar-refractivity contribution in [3.63, 3.8) is 0 Å². The number of rotatable bonds is 5. The first kappa shape index (κ1) is 17.5. The van der Waals surface area contributed by atoms with Gasteiger partial charge in [-0.15, -0.1) is 0 Å². The van der Waals surface area contributed by atoms with Crippen LogP contribution in [0.2, 0.25) is 0 Å². The van der Waals surface area contributed by atoms with Crippen molar-refractivity contribution in [1.82, 2.24) is 4.90 Å². The Balaban J connectivity index is 2.05. The topological polar surface area (TPSA) is 49.4 Å². The minimum Gasteiger partial charge on any atom is -0.349 e. The van der Waals surface area contributed by atoms with Crippen molar-refractivity contribution in [2.45, 2.75) is 52.4 Å². The Labute approximate surface area is 139 Å². The fourth-order valence-corrected chi connectivity index (χ4v) is 3.51. The molecule has 4 nitrogen and oxygen atoms in total. The Hall–Kier alpha value is -1.84. The standard InChI is InChI=1S/C19H28N2O2/c1-14-7-8-16(15(2)11-14)20-17(22)12-19(9-5-6-10-19)13-18(23)21(3)4/h7-8,11H,5-6,9-10,12-13H2,1-4H3,(H,20,22). The minimum atomic E-state index is -0.163. The normalized spacial score (nSPS) is 16.2. The molecule has 0 atom stereocenters. The number of nitrogens with one attached hydrogen (secondary N) is 1. The lowest BCUT2D eigenvalue weighted by Gasteiger charge is -2.29. The highest BCUT2D eigenvalue weighted by Gasteiger charge is 2.38. The van der Waals surface area contributed by atoms with Crippen LogP contribution in [0.1, 0.15) is 49.7 Å². The van der Waals surface area contributed by atoms with Crippen molar-refractivity contribution in [1.29, 1.82) is 0 Å². The molecule has 1 N–H and O–H groups in total. The second-order valence-corrected chi connectivity index (χ2v) is 7.22. The molecule has 1 aliphatic rings. The highest BCUT2D eigenvalue weighted by Crippen LogP contribution is 2.44. The van der Waals surface area contributed by atoms with Crippen LogP contribution in [-0.2, 0) is 9.59 Å². The van der Waals surface area contributed by atoms with E-state index in [0.717, 1.165) is 36.9 Å². The second kappa shape index (κ2) is 7.16. The van der Waals surface area contributed by atoms with E-state index >= 15 is 0 Å². The van der Waals surface area contributed by atoms with E-state index in [2.05, 4.69) is 11.4 Å². The van der Waals surface area contributed by atoms with Gasteiger partial charge in [0.15, 0.2) is 0 Å². The molecule has 0 radical (unpaired) electrons. The van der Waals surface area contributed by atoms with E-state index in [0.29, 0.717) is 12.8 Å². The molecule has 126 valence electrons. The summed E-state index contributed by atoms with van der Waals surface area (Å²) in [6.07, 6.45) is 5.05. The van der Waals surface area contributed by atoms with Crippen LogP contribution in [0.5, 0.6) is 0 Å². The van der Waals surface area contributed by atoms with Crippen LogP contribution in [0.25, 0.3) is 0 Å². The van der Waals surface area contributed by atoms with Crippen molar-refractivity contribution in [2.75, 3.05) is 19.4 Å². The van der Waals surface area contributed by atoms with Crippen LogP contribution < -0.4 is 5.32 Å². The Bertz CT molecular complexity index is 587. The smallest absolute Gasteiger partial charge is 0.224 e. The maximum atomic E-state index is 12.5.